The Hall–Kier alpha value is -1.86. The van der Waals surface area contributed by atoms with Gasteiger partial charge in [-0.15, -0.1) is 0 Å². The van der Waals surface area contributed by atoms with Crippen molar-refractivity contribution < 1.29 is 14.4 Å². The second-order valence-corrected chi connectivity index (χ2v) is 9.30. The molecule has 1 saturated carbocycles. The Bertz CT molecular complexity index is 864. The Morgan fingerprint density at radius 2 is 1.86 bits per heavy atom. The van der Waals surface area contributed by atoms with Crippen molar-refractivity contribution in [1.82, 2.24) is 9.80 Å². The molecular weight excluding hydrogens is 410 g/mol. The van der Waals surface area contributed by atoms with Gasteiger partial charge in [0.15, 0.2) is 5.17 Å². The van der Waals surface area contributed by atoms with E-state index in [0.717, 1.165) is 43.4 Å². The quantitative estimate of drug-likeness (QED) is 0.680. The highest BCUT2D eigenvalue weighted by Crippen LogP contribution is 2.38. The molecule has 1 aromatic carbocycles. The highest BCUT2D eigenvalue weighted by Gasteiger charge is 2.49. The van der Waals surface area contributed by atoms with Gasteiger partial charge in [-0.25, -0.2) is 4.99 Å². The van der Waals surface area contributed by atoms with Gasteiger partial charge in [-0.1, -0.05) is 42.3 Å². The van der Waals surface area contributed by atoms with Crippen LogP contribution in [0.2, 0.25) is 5.02 Å². The first kappa shape index (κ1) is 20.4. The number of hydrogen-bond donors (Lipinski definition) is 0. The van der Waals surface area contributed by atoms with Gasteiger partial charge in [0.05, 0.1) is 17.5 Å². The number of benzene rings is 1. The van der Waals surface area contributed by atoms with Crippen molar-refractivity contribution in [2.45, 2.75) is 39.0 Å². The van der Waals surface area contributed by atoms with Crippen LogP contribution >= 0.6 is 23.4 Å². The lowest BCUT2D eigenvalue weighted by Gasteiger charge is -2.29. The molecule has 3 amide bonds. The predicted molar refractivity (Wildman–Crippen MR) is 114 cm³/mol. The molecule has 0 bridgehead atoms. The molecule has 8 heteroatoms. The highest BCUT2D eigenvalue weighted by molar-refractivity contribution is 8.13. The summed E-state index contributed by atoms with van der Waals surface area (Å²) in [5.41, 5.74) is 1.65. The fourth-order valence-electron chi connectivity index (χ4n) is 4.25. The molecule has 3 fully saturated rings. The van der Waals surface area contributed by atoms with Crippen LogP contribution < -0.4 is 0 Å². The molecule has 6 nitrogen and oxygen atoms in total. The van der Waals surface area contributed by atoms with Crippen molar-refractivity contribution in [1.29, 1.82) is 0 Å². The first-order valence-electron chi connectivity index (χ1n) is 10.1. The summed E-state index contributed by atoms with van der Waals surface area (Å²) in [5.74, 6) is -0.212. The third-order valence-corrected chi connectivity index (χ3v) is 7.36. The Morgan fingerprint density at radius 1 is 1.17 bits per heavy atom. The highest BCUT2D eigenvalue weighted by atomic mass is 35.5. The summed E-state index contributed by atoms with van der Waals surface area (Å²) in [5, 5.41) is 1.22. The van der Waals surface area contributed by atoms with E-state index in [1.807, 2.05) is 19.1 Å². The summed E-state index contributed by atoms with van der Waals surface area (Å²) in [6.07, 6.45) is 4.29. The van der Waals surface area contributed by atoms with Crippen LogP contribution in [0.4, 0.5) is 5.69 Å². The maximum atomic E-state index is 13.0. The summed E-state index contributed by atoms with van der Waals surface area (Å²) in [6, 6.07) is 5.54. The summed E-state index contributed by atoms with van der Waals surface area (Å²) >= 11 is 7.71. The molecule has 0 spiro atoms. The topological polar surface area (TPSA) is 70.1 Å². The Balaban J connectivity index is 1.52. The van der Waals surface area contributed by atoms with E-state index in [0.29, 0.717) is 22.4 Å². The molecule has 3 aliphatic rings. The minimum atomic E-state index is -0.255. The van der Waals surface area contributed by atoms with Crippen LogP contribution in [0, 0.1) is 18.8 Å². The molecule has 2 atom stereocenters. The number of amidine groups is 1. The molecule has 29 heavy (non-hydrogen) atoms. The lowest BCUT2D eigenvalue weighted by atomic mass is 9.81. The Kier molecular flexibility index (Phi) is 5.97. The molecule has 0 aromatic heterocycles. The molecule has 0 radical (unpaired) electrons. The van der Waals surface area contributed by atoms with E-state index in [-0.39, 0.29) is 36.1 Å². The molecule has 2 unspecified atom stereocenters. The minimum Gasteiger partial charge on any atom is -0.290 e. The third kappa shape index (κ3) is 4.08. The zero-order valence-electron chi connectivity index (χ0n) is 16.4. The fraction of sp³-hybridized carbons (Fsp3) is 0.524. The van der Waals surface area contributed by atoms with E-state index in [9.17, 15) is 14.4 Å². The second kappa shape index (κ2) is 8.48. The van der Waals surface area contributed by atoms with Crippen molar-refractivity contribution in [3.63, 3.8) is 0 Å². The van der Waals surface area contributed by atoms with Gasteiger partial charge in [-0.3, -0.25) is 24.2 Å². The van der Waals surface area contributed by atoms with Crippen LogP contribution in [-0.4, -0.2) is 51.5 Å². The number of halogens is 1. The Morgan fingerprint density at radius 3 is 2.52 bits per heavy atom. The van der Waals surface area contributed by atoms with Crippen molar-refractivity contribution in [3.05, 3.63) is 28.8 Å². The molecule has 1 aromatic rings. The number of nitrogens with zero attached hydrogens (tertiary/aromatic N) is 3. The molecule has 0 N–H and O–H groups in total. The van der Waals surface area contributed by atoms with Crippen molar-refractivity contribution >= 4 is 51.9 Å². The van der Waals surface area contributed by atoms with Gasteiger partial charge >= 0.3 is 0 Å². The largest absolute Gasteiger partial charge is 0.290 e. The van der Waals surface area contributed by atoms with Crippen LogP contribution in [0.25, 0.3) is 0 Å². The molecule has 2 saturated heterocycles. The number of thioether (sulfide) groups is 1. The van der Waals surface area contributed by atoms with Crippen LogP contribution in [-0.2, 0) is 14.4 Å². The van der Waals surface area contributed by atoms with Crippen molar-refractivity contribution in [3.8, 4) is 0 Å². The average Bonchev–Trinajstić information content (AvgIpc) is 2.96. The standard InChI is InChI=1S/C21H24ClN3O3S/c1-13-7-8-14(11-17(13)22)23-21-24(9-4-10-29-21)18(26)12-25-19(27)15-5-2-3-6-16(15)20(25)28/h7-8,11,15-16H,2-6,9-10,12H2,1H3. The van der Waals surface area contributed by atoms with E-state index < -0.39 is 0 Å². The van der Waals surface area contributed by atoms with Gasteiger partial charge in [-0.2, -0.15) is 0 Å². The fourth-order valence-corrected chi connectivity index (χ4v) is 5.40. The third-order valence-electron chi connectivity index (χ3n) is 5.90. The molecule has 4 rings (SSSR count). The van der Waals surface area contributed by atoms with Gasteiger partial charge in [0.1, 0.15) is 6.54 Å². The lowest BCUT2D eigenvalue weighted by Crippen LogP contribution is -2.46. The first-order valence-corrected chi connectivity index (χ1v) is 11.5. The van der Waals surface area contributed by atoms with E-state index in [4.69, 9.17) is 11.6 Å². The van der Waals surface area contributed by atoms with Crippen LogP contribution in [0.1, 0.15) is 37.7 Å². The normalized spacial score (nSPS) is 26.2. The number of aryl methyl sites for hydroxylation is 1. The maximum absolute atomic E-state index is 13.0. The van der Waals surface area contributed by atoms with Gasteiger partial charge in [-0.05, 0) is 43.9 Å². The summed E-state index contributed by atoms with van der Waals surface area (Å²) in [4.78, 5) is 45.8. The predicted octanol–water partition coefficient (Wildman–Crippen LogP) is 3.78. The average molecular weight is 434 g/mol. The number of likely N-dealkylation sites (tertiary alicyclic amines) is 1. The van der Waals surface area contributed by atoms with Gasteiger partial charge in [0.25, 0.3) is 0 Å². The summed E-state index contributed by atoms with van der Waals surface area (Å²) in [6.45, 7) is 2.26. The van der Waals surface area contributed by atoms with Crippen LogP contribution in [0.15, 0.2) is 23.2 Å². The molecular formula is C21H24ClN3O3S. The molecule has 2 aliphatic heterocycles. The molecule has 2 heterocycles. The molecule has 154 valence electrons. The Labute approximate surface area is 179 Å². The van der Waals surface area contributed by atoms with Crippen molar-refractivity contribution in [2.75, 3.05) is 18.8 Å². The van der Waals surface area contributed by atoms with Crippen molar-refractivity contribution in [2.24, 2.45) is 16.8 Å². The summed E-state index contributed by atoms with van der Waals surface area (Å²) < 4.78 is 0. The smallest absolute Gasteiger partial charge is 0.248 e. The minimum absolute atomic E-state index is 0.179. The number of amides is 3. The number of carbonyl (C=O) groups is 3. The maximum Gasteiger partial charge on any atom is 0.248 e. The zero-order valence-corrected chi connectivity index (χ0v) is 18.0. The SMILES string of the molecule is Cc1ccc(N=C2SCCCN2C(=O)CN2C(=O)C3CCCCC3C2=O)cc1Cl. The summed E-state index contributed by atoms with van der Waals surface area (Å²) in [7, 11) is 0. The van der Waals surface area contributed by atoms with Crippen LogP contribution in [0.3, 0.4) is 0 Å². The van der Waals surface area contributed by atoms with E-state index in [1.54, 1.807) is 11.0 Å². The zero-order chi connectivity index (χ0) is 20.5. The number of fused-ring (bicyclic) bond motifs is 1. The monoisotopic (exact) mass is 433 g/mol. The number of carbonyl (C=O) groups excluding carboxylic acids is 3. The number of hydrogen-bond acceptors (Lipinski definition) is 5. The van der Waals surface area contributed by atoms with E-state index in [1.165, 1.54) is 16.7 Å². The van der Waals surface area contributed by atoms with Crippen LogP contribution in [0.5, 0.6) is 0 Å². The molecule has 1 aliphatic carbocycles. The number of rotatable bonds is 3. The van der Waals surface area contributed by atoms with E-state index >= 15 is 0 Å². The number of aliphatic imine (C=N–C) groups is 1. The van der Waals surface area contributed by atoms with E-state index in [2.05, 4.69) is 4.99 Å². The van der Waals surface area contributed by atoms with Gasteiger partial charge in [0.2, 0.25) is 17.7 Å². The second-order valence-electron chi connectivity index (χ2n) is 7.84. The van der Waals surface area contributed by atoms with Gasteiger partial charge < -0.3 is 0 Å². The lowest BCUT2D eigenvalue weighted by molar-refractivity contribution is -0.145. The number of imide groups is 1. The first-order chi connectivity index (χ1) is 14.0. The van der Waals surface area contributed by atoms with Gasteiger partial charge in [0, 0.05) is 17.3 Å².